The summed E-state index contributed by atoms with van der Waals surface area (Å²) >= 11 is 0. The molecule has 0 aliphatic rings. The Morgan fingerprint density at radius 2 is 2.00 bits per heavy atom. The number of aromatic amines is 1. The zero-order chi connectivity index (χ0) is 17.1. The highest BCUT2D eigenvalue weighted by Gasteiger charge is 2.21. The van der Waals surface area contributed by atoms with E-state index in [9.17, 15) is 14.7 Å². The topological polar surface area (TPSA) is 95.1 Å². The lowest BCUT2D eigenvalue weighted by molar-refractivity contribution is -0.137. The standard InChI is InChI=1S/C18H17N3O3/c1-11-5-2-3-7-13(11)15(9-16(22)23)20-18(24)14-8-4-6-12-10-19-21-17(12)14/h2-8,10,15H,9H2,1H3,(H,19,21)(H,20,24)(H,22,23). The molecule has 0 fully saturated rings. The third-order valence-corrected chi connectivity index (χ3v) is 3.97. The molecule has 0 saturated carbocycles. The summed E-state index contributed by atoms with van der Waals surface area (Å²) in [4.78, 5) is 23.9. The molecule has 1 aromatic heterocycles. The molecule has 1 heterocycles. The lowest BCUT2D eigenvalue weighted by Gasteiger charge is -2.19. The largest absolute Gasteiger partial charge is 0.481 e. The van der Waals surface area contributed by atoms with Gasteiger partial charge in [-0.05, 0) is 24.1 Å². The van der Waals surface area contributed by atoms with Crippen molar-refractivity contribution < 1.29 is 14.7 Å². The number of rotatable bonds is 5. The van der Waals surface area contributed by atoms with Crippen LogP contribution in [-0.2, 0) is 4.79 Å². The highest BCUT2D eigenvalue weighted by atomic mass is 16.4. The molecule has 122 valence electrons. The van der Waals surface area contributed by atoms with Crippen molar-refractivity contribution in [3.05, 3.63) is 65.4 Å². The predicted molar refractivity (Wildman–Crippen MR) is 89.7 cm³/mol. The first-order valence-electron chi connectivity index (χ1n) is 7.56. The number of hydrogen-bond acceptors (Lipinski definition) is 3. The Morgan fingerprint density at radius 3 is 2.75 bits per heavy atom. The maximum absolute atomic E-state index is 12.7. The molecule has 6 heteroatoms. The van der Waals surface area contributed by atoms with Crippen LogP contribution < -0.4 is 5.32 Å². The molecule has 0 aliphatic heterocycles. The molecular weight excluding hydrogens is 306 g/mol. The summed E-state index contributed by atoms with van der Waals surface area (Å²) in [6, 6.07) is 12.1. The monoisotopic (exact) mass is 323 g/mol. The molecule has 0 spiro atoms. The SMILES string of the molecule is Cc1ccccc1C(CC(=O)O)NC(=O)c1cccc2cn[nH]c12. The molecule has 6 nitrogen and oxygen atoms in total. The number of nitrogens with one attached hydrogen (secondary N) is 2. The van der Waals surface area contributed by atoms with Gasteiger partial charge in [-0.3, -0.25) is 14.7 Å². The van der Waals surface area contributed by atoms with Gasteiger partial charge in [0, 0.05) is 5.39 Å². The number of hydrogen-bond donors (Lipinski definition) is 3. The third-order valence-electron chi connectivity index (χ3n) is 3.97. The van der Waals surface area contributed by atoms with Crippen LogP contribution >= 0.6 is 0 Å². The summed E-state index contributed by atoms with van der Waals surface area (Å²) in [5.74, 6) is -1.30. The van der Waals surface area contributed by atoms with Gasteiger partial charge in [0.05, 0.1) is 29.7 Å². The Labute approximate surface area is 138 Å². The second kappa shape index (κ2) is 6.54. The third kappa shape index (κ3) is 3.12. The van der Waals surface area contributed by atoms with Crippen molar-refractivity contribution in [1.29, 1.82) is 0 Å². The smallest absolute Gasteiger partial charge is 0.305 e. The first kappa shape index (κ1) is 15.7. The fourth-order valence-corrected chi connectivity index (χ4v) is 2.79. The molecule has 0 bridgehead atoms. The summed E-state index contributed by atoms with van der Waals surface area (Å²) in [6.07, 6.45) is 1.46. The fraction of sp³-hybridized carbons (Fsp3) is 0.167. The van der Waals surface area contributed by atoms with E-state index in [1.165, 1.54) is 0 Å². The van der Waals surface area contributed by atoms with Crippen molar-refractivity contribution in [3.63, 3.8) is 0 Å². The van der Waals surface area contributed by atoms with Crippen LogP contribution in [0.15, 0.2) is 48.7 Å². The van der Waals surface area contributed by atoms with Crippen LogP contribution in [0.3, 0.4) is 0 Å². The molecule has 0 aliphatic carbocycles. The normalized spacial score (nSPS) is 12.0. The summed E-state index contributed by atoms with van der Waals surface area (Å²) in [5.41, 5.74) is 2.80. The van der Waals surface area contributed by atoms with Crippen molar-refractivity contribution in [2.75, 3.05) is 0 Å². The van der Waals surface area contributed by atoms with Crippen molar-refractivity contribution in [3.8, 4) is 0 Å². The quantitative estimate of drug-likeness (QED) is 0.673. The van der Waals surface area contributed by atoms with E-state index in [-0.39, 0.29) is 12.3 Å². The molecule has 3 aromatic rings. The minimum atomic E-state index is -0.969. The highest BCUT2D eigenvalue weighted by Crippen LogP contribution is 2.22. The van der Waals surface area contributed by atoms with Crippen molar-refractivity contribution in [1.82, 2.24) is 15.5 Å². The minimum absolute atomic E-state index is 0.185. The number of amides is 1. The molecule has 1 atom stereocenters. The Bertz CT molecular complexity index is 901. The van der Waals surface area contributed by atoms with Crippen LogP contribution in [0.2, 0.25) is 0 Å². The van der Waals surface area contributed by atoms with E-state index in [0.29, 0.717) is 11.1 Å². The van der Waals surface area contributed by atoms with E-state index >= 15 is 0 Å². The average molecular weight is 323 g/mol. The van der Waals surface area contributed by atoms with Crippen LogP contribution in [0.5, 0.6) is 0 Å². The number of aliphatic carboxylic acids is 1. The maximum Gasteiger partial charge on any atom is 0.305 e. The zero-order valence-electron chi connectivity index (χ0n) is 13.1. The first-order valence-corrected chi connectivity index (χ1v) is 7.56. The van der Waals surface area contributed by atoms with E-state index in [4.69, 9.17) is 0 Å². The minimum Gasteiger partial charge on any atom is -0.481 e. The predicted octanol–water partition coefficient (Wildman–Crippen LogP) is 2.82. The van der Waals surface area contributed by atoms with E-state index in [2.05, 4.69) is 15.5 Å². The molecule has 0 saturated heterocycles. The number of carboxylic acids is 1. The molecule has 24 heavy (non-hydrogen) atoms. The Hall–Kier alpha value is -3.15. The van der Waals surface area contributed by atoms with Gasteiger partial charge in [0.2, 0.25) is 0 Å². The number of benzene rings is 2. The van der Waals surface area contributed by atoms with Gasteiger partial charge in [0.1, 0.15) is 0 Å². The van der Waals surface area contributed by atoms with E-state index in [1.54, 1.807) is 18.3 Å². The molecule has 2 aromatic carbocycles. The maximum atomic E-state index is 12.7. The number of H-pyrrole nitrogens is 1. The number of aryl methyl sites for hydroxylation is 1. The Morgan fingerprint density at radius 1 is 1.21 bits per heavy atom. The number of fused-ring (bicyclic) bond motifs is 1. The lowest BCUT2D eigenvalue weighted by Crippen LogP contribution is -2.30. The number of carbonyl (C=O) groups is 2. The van der Waals surface area contributed by atoms with Gasteiger partial charge in [0.25, 0.3) is 5.91 Å². The number of para-hydroxylation sites is 1. The Kier molecular flexibility index (Phi) is 4.29. The van der Waals surface area contributed by atoms with E-state index in [0.717, 1.165) is 16.5 Å². The van der Waals surface area contributed by atoms with Crippen molar-refractivity contribution in [2.24, 2.45) is 0 Å². The Balaban J connectivity index is 1.93. The van der Waals surface area contributed by atoms with Gasteiger partial charge in [-0.1, -0.05) is 36.4 Å². The summed E-state index contributed by atoms with van der Waals surface area (Å²) < 4.78 is 0. The van der Waals surface area contributed by atoms with Gasteiger partial charge >= 0.3 is 5.97 Å². The number of carbonyl (C=O) groups excluding carboxylic acids is 1. The molecule has 3 N–H and O–H groups in total. The number of carboxylic acid groups (broad SMARTS) is 1. The van der Waals surface area contributed by atoms with Crippen LogP contribution in [0.1, 0.15) is 33.9 Å². The summed E-state index contributed by atoms with van der Waals surface area (Å²) in [7, 11) is 0. The van der Waals surface area contributed by atoms with Gasteiger partial charge in [0.15, 0.2) is 0 Å². The molecule has 1 amide bonds. The van der Waals surface area contributed by atoms with Gasteiger partial charge < -0.3 is 10.4 Å². The number of nitrogens with zero attached hydrogens (tertiary/aromatic N) is 1. The molecule has 3 rings (SSSR count). The molecule has 1 unspecified atom stereocenters. The highest BCUT2D eigenvalue weighted by molar-refractivity contribution is 6.05. The van der Waals surface area contributed by atoms with Gasteiger partial charge in [-0.2, -0.15) is 5.10 Å². The van der Waals surface area contributed by atoms with Crippen LogP contribution in [0, 0.1) is 6.92 Å². The first-order chi connectivity index (χ1) is 11.6. The van der Waals surface area contributed by atoms with Gasteiger partial charge in [-0.15, -0.1) is 0 Å². The molecule has 0 radical (unpaired) electrons. The van der Waals surface area contributed by atoms with Crippen LogP contribution in [-0.4, -0.2) is 27.2 Å². The van der Waals surface area contributed by atoms with E-state index < -0.39 is 12.0 Å². The summed E-state index contributed by atoms with van der Waals surface area (Å²) in [6.45, 7) is 1.89. The van der Waals surface area contributed by atoms with Crippen molar-refractivity contribution in [2.45, 2.75) is 19.4 Å². The molecular formula is C18H17N3O3. The second-order valence-corrected chi connectivity index (χ2v) is 5.62. The van der Waals surface area contributed by atoms with Gasteiger partial charge in [-0.25, -0.2) is 0 Å². The average Bonchev–Trinajstić information content (AvgIpc) is 3.02. The van der Waals surface area contributed by atoms with Crippen molar-refractivity contribution >= 4 is 22.8 Å². The second-order valence-electron chi connectivity index (χ2n) is 5.62. The van der Waals surface area contributed by atoms with E-state index in [1.807, 2.05) is 37.3 Å². The lowest BCUT2D eigenvalue weighted by atomic mass is 9.98. The van der Waals surface area contributed by atoms with Crippen LogP contribution in [0.25, 0.3) is 10.9 Å². The number of aromatic nitrogens is 2. The van der Waals surface area contributed by atoms with Crippen LogP contribution in [0.4, 0.5) is 0 Å². The summed E-state index contributed by atoms with van der Waals surface area (Å²) in [5, 5.41) is 19.6. The fourth-order valence-electron chi connectivity index (χ4n) is 2.79. The zero-order valence-corrected chi connectivity index (χ0v) is 13.1.